The predicted octanol–water partition coefficient (Wildman–Crippen LogP) is 2.10. The Labute approximate surface area is 181 Å². The molecule has 0 bridgehead atoms. The molecule has 7 nitrogen and oxygen atoms in total. The lowest BCUT2D eigenvalue weighted by molar-refractivity contribution is -0.189. The van der Waals surface area contributed by atoms with Crippen molar-refractivity contribution in [1.29, 1.82) is 0 Å². The average molecular weight is 446 g/mol. The maximum absolute atomic E-state index is 13.4. The molecule has 0 spiro atoms. The highest BCUT2D eigenvalue weighted by molar-refractivity contribution is 5.88. The number of fused-ring (bicyclic) bond motifs is 3. The Kier molecular flexibility index (Phi) is 6.52. The SMILES string of the molecule is CC(C)C1NNC2C(=O)N(CC(=O)NC3CCCCC3C(F)(F)F)C3CCCCC3N21. The first-order chi connectivity index (χ1) is 14.7. The molecule has 2 heterocycles. The molecular formula is C21H34F3N5O2. The highest BCUT2D eigenvalue weighted by atomic mass is 19.4. The van der Waals surface area contributed by atoms with Crippen LogP contribution >= 0.6 is 0 Å². The Balaban J connectivity index is 1.47. The molecule has 2 aliphatic carbocycles. The summed E-state index contributed by atoms with van der Waals surface area (Å²) in [7, 11) is 0. The molecule has 3 N–H and O–H groups in total. The van der Waals surface area contributed by atoms with Crippen molar-refractivity contribution in [3.05, 3.63) is 0 Å². The number of amides is 2. The van der Waals surface area contributed by atoms with Gasteiger partial charge in [-0.2, -0.15) is 13.2 Å². The zero-order chi connectivity index (χ0) is 22.3. The molecule has 31 heavy (non-hydrogen) atoms. The highest BCUT2D eigenvalue weighted by Gasteiger charge is 2.53. The maximum atomic E-state index is 13.4. The second-order valence-corrected chi connectivity index (χ2v) is 9.82. The number of nitrogens with one attached hydrogen (secondary N) is 3. The van der Waals surface area contributed by atoms with Gasteiger partial charge in [0.2, 0.25) is 5.91 Å². The van der Waals surface area contributed by atoms with E-state index in [1.54, 1.807) is 4.90 Å². The van der Waals surface area contributed by atoms with Crippen LogP contribution in [0.15, 0.2) is 0 Å². The van der Waals surface area contributed by atoms with Crippen molar-refractivity contribution >= 4 is 11.8 Å². The van der Waals surface area contributed by atoms with Crippen LogP contribution in [-0.4, -0.2) is 64.8 Å². The Morgan fingerprint density at radius 2 is 1.71 bits per heavy atom. The van der Waals surface area contributed by atoms with Crippen LogP contribution in [0, 0.1) is 11.8 Å². The Morgan fingerprint density at radius 3 is 2.39 bits per heavy atom. The van der Waals surface area contributed by atoms with Gasteiger partial charge in [-0.15, -0.1) is 0 Å². The Morgan fingerprint density at radius 1 is 1.06 bits per heavy atom. The van der Waals surface area contributed by atoms with Crippen molar-refractivity contribution in [2.75, 3.05) is 6.54 Å². The molecule has 0 aromatic rings. The molecule has 10 heteroatoms. The topological polar surface area (TPSA) is 76.7 Å². The maximum Gasteiger partial charge on any atom is 0.393 e. The minimum absolute atomic E-state index is 0.0327. The lowest BCUT2D eigenvalue weighted by atomic mass is 9.83. The largest absolute Gasteiger partial charge is 0.393 e. The first-order valence-electron chi connectivity index (χ1n) is 11.6. The fourth-order valence-electron chi connectivity index (χ4n) is 5.99. The molecule has 0 aromatic heterocycles. The number of hydrogen-bond donors (Lipinski definition) is 3. The summed E-state index contributed by atoms with van der Waals surface area (Å²) in [4.78, 5) is 29.9. The number of rotatable bonds is 4. The summed E-state index contributed by atoms with van der Waals surface area (Å²) in [6, 6.07) is -0.857. The van der Waals surface area contributed by atoms with E-state index in [1.807, 2.05) is 0 Å². The molecule has 4 aliphatic rings. The van der Waals surface area contributed by atoms with E-state index >= 15 is 0 Å². The predicted molar refractivity (Wildman–Crippen MR) is 108 cm³/mol. The lowest BCUT2D eigenvalue weighted by Gasteiger charge is -2.51. The number of hydrogen-bond acceptors (Lipinski definition) is 5. The zero-order valence-electron chi connectivity index (χ0n) is 18.3. The van der Waals surface area contributed by atoms with E-state index in [-0.39, 0.29) is 37.1 Å². The van der Waals surface area contributed by atoms with Crippen LogP contribution in [0.2, 0.25) is 0 Å². The number of carbonyl (C=O) groups excluding carboxylic acids is 2. The second-order valence-electron chi connectivity index (χ2n) is 9.82. The molecule has 0 aromatic carbocycles. The van der Waals surface area contributed by atoms with Crippen molar-refractivity contribution in [1.82, 2.24) is 26.0 Å². The van der Waals surface area contributed by atoms with Crippen molar-refractivity contribution < 1.29 is 22.8 Å². The van der Waals surface area contributed by atoms with Crippen molar-refractivity contribution in [2.45, 2.75) is 102 Å². The Hall–Kier alpha value is -1.39. The van der Waals surface area contributed by atoms with E-state index in [1.165, 1.54) is 0 Å². The number of alkyl halides is 3. The van der Waals surface area contributed by atoms with E-state index < -0.39 is 30.2 Å². The van der Waals surface area contributed by atoms with Gasteiger partial charge in [-0.1, -0.05) is 39.5 Å². The van der Waals surface area contributed by atoms with Crippen LogP contribution in [0.5, 0.6) is 0 Å². The molecule has 2 saturated heterocycles. The van der Waals surface area contributed by atoms with Gasteiger partial charge in [-0.3, -0.25) is 14.5 Å². The summed E-state index contributed by atoms with van der Waals surface area (Å²) in [6.45, 7) is 4.02. The van der Waals surface area contributed by atoms with E-state index in [0.717, 1.165) is 25.7 Å². The minimum atomic E-state index is -4.32. The molecule has 6 unspecified atom stereocenters. The minimum Gasteiger partial charge on any atom is -0.351 e. The molecule has 6 atom stereocenters. The third kappa shape index (κ3) is 4.43. The summed E-state index contributed by atoms with van der Waals surface area (Å²) in [6.07, 6.45) is 0.549. The van der Waals surface area contributed by atoms with Gasteiger partial charge < -0.3 is 10.2 Å². The number of carbonyl (C=O) groups is 2. The average Bonchev–Trinajstić information content (AvgIpc) is 3.16. The molecule has 4 rings (SSSR count). The van der Waals surface area contributed by atoms with E-state index in [0.29, 0.717) is 25.2 Å². The third-order valence-electron chi connectivity index (χ3n) is 7.46. The lowest BCUT2D eigenvalue weighted by Crippen LogP contribution is -2.70. The first-order valence-corrected chi connectivity index (χ1v) is 11.6. The summed E-state index contributed by atoms with van der Waals surface area (Å²) >= 11 is 0. The quantitative estimate of drug-likeness (QED) is 0.618. The molecule has 2 saturated carbocycles. The Bertz CT molecular complexity index is 688. The van der Waals surface area contributed by atoms with Gasteiger partial charge in [-0.25, -0.2) is 10.9 Å². The van der Waals surface area contributed by atoms with Gasteiger partial charge in [0.25, 0.3) is 5.91 Å². The van der Waals surface area contributed by atoms with Crippen molar-refractivity contribution in [2.24, 2.45) is 11.8 Å². The summed E-state index contributed by atoms with van der Waals surface area (Å²) in [5, 5.41) is 2.62. The van der Waals surface area contributed by atoms with E-state index in [9.17, 15) is 22.8 Å². The summed E-state index contributed by atoms with van der Waals surface area (Å²) < 4.78 is 40.2. The fraction of sp³-hybridized carbons (Fsp3) is 0.905. The van der Waals surface area contributed by atoms with Gasteiger partial charge in [0.05, 0.1) is 18.6 Å². The number of nitrogens with zero attached hydrogens (tertiary/aromatic N) is 2. The standard InChI is InChI=1S/C21H34F3N5O2/c1-12(2)18-26-27-19-20(31)28(15-9-5-6-10-16(15)29(18)19)11-17(30)25-14-8-4-3-7-13(14)21(22,23)24/h12-16,18-19,26-27H,3-11H2,1-2H3,(H,25,30). The first kappa shape index (κ1) is 22.8. The molecule has 2 aliphatic heterocycles. The van der Waals surface area contributed by atoms with Crippen LogP contribution < -0.4 is 16.2 Å². The third-order valence-corrected chi connectivity index (χ3v) is 7.46. The van der Waals surface area contributed by atoms with Crippen LogP contribution in [0.4, 0.5) is 13.2 Å². The van der Waals surface area contributed by atoms with Crippen LogP contribution in [0.3, 0.4) is 0 Å². The van der Waals surface area contributed by atoms with Crippen molar-refractivity contribution in [3.63, 3.8) is 0 Å². The van der Waals surface area contributed by atoms with Gasteiger partial charge in [-0.05, 0) is 31.6 Å². The smallest absolute Gasteiger partial charge is 0.351 e. The molecule has 0 radical (unpaired) electrons. The van der Waals surface area contributed by atoms with Gasteiger partial charge >= 0.3 is 6.18 Å². The zero-order valence-corrected chi connectivity index (χ0v) is 18.3. The molecular weight excluding hydrogens is 411 g/mol. The van der Waals surface area contributed by atoms with Crippen LogP contribution in [0.1, 0.15) is 65.2 Å². The molecule has 4 fully saturated rings. The normalized spacial score (nSPS) is 37.0. The monoisotopic (exact) mass is 445 g/mol. The summed E-state index contributed by atoms with van der Waals surface area (Å²) in [5.41, 5.74) is 6.31. The molecule has 176 valence electrons. The van der Waals surface area contributed by atoms with E-state index in [4.69, 9.17) is 0 Å². The number of halogens is 3. The van der Waals surface area contributed by atoms with Crippen LogP contribution in [0.25, 0.3) is 0 Å². The van der Waals surface area contributed by atoms with Crippen LogP contribution in [-0.2, 0) is 9.59 Å². The highest BCUT2D eigenvalue weighted by Crippen LogP contribution is 2.38. The summed E-state index contributed by atoms with van der Waals surface area (Å²) in [5.74, 6) is -1.87. The molecule has 2 amide bonds. The van der Waals surface area contributed by atoms with Crippen molar-refractivity contribution in [3.8, 4) is 0 Å². The van der Waals surface area contributed by atoms with E-state index in [2.05, 4.69) is 34.9 Å². The number of hydrazine groups is 1. The van der Waals surface area contributed by atoms with Gasteiger partial charge in [0, 0.05) is 18.1 Å². The fourth-order valence-corrected chi connectivity index (χ4v) is 5.99. The van der Waals surface area contributed by atoms with Gasteiger partial charge in [0.15, 0.2) is 6.17 Å². The second kappa shape index (κ2) is 8.86. The number of piperazine rings is 1. The van der Waals surface area contributed by atoms with Gasteiger partial charge in [0.1, 0.15) is 0 Å².